The average Bonchev–Trinajstić information content (AvgIpc) is 3.02. The van der Waals surface area contributed by atoms with Crippen molar-refractivity contribution in [2.75, 3.05) is 13.7 Å². The van der Waals surface area contributed by atoms with Gasteiger partial charge in [0.05, 0.1) is 19.1 Å². The highest BCUT2D eigenvalue weighted by molar-refractivity contribution is 6.31. The summed E-state index contributed by atoms with van der Waals surface area (Å²) in [6, 6.07) is 3.60. The van der Waals surface area contributed by atoms with Crippen LogP contribution in [0.2, 0.25) is 5.02 Å². The molecule has 25 heavy (non-hydrogen) atoms. The molecule has 2 rings (SSSR count). The van der Waals surface area contributed by atoms with Crippen LogP contribution in [0.25, 0.3) is 0 Å². The summed E-state index contributed by atoms with van der Waals surface area (Å²) in [6.45, 7) is 2.06. The van der Waals surface area contributed by atoms with Gasteiger partial charge in [0, 0.05) is 17.6 Å². The van der Waals surface area contributed by atoms with Gasteiger partial charge in [-0.05, 0) is 38.0 Å². The van der Waals surface area contributed by atoms with E-state index in [1.165, 1.54) is 18.1 Å². The van der Waals surface area contributed by atoms with Gasteiger partial charge in [-0.3, -0.25) is 14.4 Å². The van der Waals surface area contributed by atoms with Gasteiger partial charge < -0.3 is 20.1 Å². The van der Waals surface area contributed by atoms with Crippen LogP contribution in [0, 0.1) is 0 Å². The Morgan fingerprint density at radius 2 is 2.16 bits per heavy atom. The number of likely N-dealkylation sites (tertiary alicyclic amines) is 1. The molecule has 2 amide bonds. The normalized spacial score (nSPS) is 17.9. The van der Waals surface area contributed by atoms with E-state index in [0.717, 1.165) is 0 Å². The van der Waals surface area contributed by atoms with Crippen LogP contribution >= 0.6 is 11.6 Å². The Morgan fingerprint density at radius 3 is 2.80 bits per heavy atom. The molecule has 2 N–H and O–H groups in total. The van der Waals surface area contributed by atoms with Crippen molar-refractivity contribution in [3.63, 3.8) is 0 Å². The van der Waals surface area contributed by atoms with E-state index in [-0.39, 0.29) is 18.2 Å². The number of methoxy groups -OCH3 is 1. The number of ether oxygens (including phenoxy) is 1. The maximum absolute atomic E-state index is 12.9. The third kappa shape index (κ3) is 4.63. The first-order valence-electron chi connectivity index (χ1n) is 8.00. The SMILES string of the molecule is COc1ccc(Cl)cc1C(=O)N1CCCC1C(=O)NC(C)CC(=O)O. The second-order valence-electron chi connectivity index (χ2n) is 6.01. The molecule has 1 fully saturated rings. The van der Waals surface area contributed by atoms with Gasteiger partial charge in [0.15, 0.2) is 0 Å². The number of hydrogen-bond acceptors (Lipinski definition) is 4. The molecule has 1 aromatic rings. The second kappa shape index (κ2) is 8.20. The van der Waals surface area contributed by atoms with Crippen LogP contribution in [-0.4, -0.2) is 53.5 Å². The summed E-state index contributed by atoms with van der Waals surface area (Å²) < 4.78 is 5.21. The Morgan fingerprint density at radius 1 is 1.44 bits per heavy atom. The average molecular weight is 369 g/mol. The number of aliphatic carboxylic acids is 1. The van der Waals surface area contributed by atoms with Crippen LogP contribution in [0.1, 0.15) is 36.5 Å². The van der Waals surface area contributed by atoms with Gasteiger partial charge in [-0.2, -0.15) is 0 Å². The molecule has 2 unspecified atom stereocenters. The summed E-state index contributed by atoms with van der Waals surface area (Å²) in [7, 11) is 1.46. The fourth-order valence-electron chi connectivity index (χ4n) is 2.94. The third-order valence-corrected chi connectivity index (χ3v) is 4.31. The summed E-state index contributed by atoms with van der Waals surface area (Å²) in [4.78, 5) is 37.5. The fourth-order valence-corrected chi connectivity index (χ4v) is 3.11. The van der Waals surface area contributed by atoms with Crippen molar-refractivity contribution in [1.82, 2.24) is 10.2 Å². The number of nitrogens with zero attached hydrogens (tertiary/aromatic N) is 1. The Balaban J connectivity index is 2.15. The van der Waals surface area contributed by atoms with Crippen molar-refractivity contribution >= 4 is 29.4 Å². The van der Waals surface area contributed by atoms with Gasteiger partial charge in [-0.15, -0.1) is 0 Å². The van der Waals surface area contributed by atoms with E-state index < -0.39 is 18.1 Å². The van der Waals surface area contributed by atoms with Crippen LogP contribution in [-0.2, 0) is 9.59 Å². The smallest absolute Gasteiger partial charge is 0.305 e. The number of carbonyl (C=O) groups is 3. The minimum Gasteiger partial charge on any atom is -0.496 e. The van der Waals surface area contributed by atoms with Crippen molar-refractivity contribution in [2.24, 2.45) is 0 Å². The molecule has 7 nitrogen and oxygen atoms in total. The lowest BCUT2D eigenvalue weighted by molar-refractivity contribution is -0.137. The molecule has 2 atom stereocenters. The van der Waals surface area contributed by atoms with Crippen LogP contribution < -0.4 is 10.1 Å². The Labute approximate surface area is 150 Å². The molecule has 136 valence electrons. The summed E-state index contributed by atoms with van der Waals surface area (Å²) >= 11 is 5.98. The minimum atomic E-state index is -0.990. The Hall–Kier alpha value is -2.28. The lowest BCUT2D eigenvalue weighted by Crippen LogP contribution is -2.48. The van der Waals surface area contributed by atoms with Gasteiger partial charge >= 0.3 is 5.97 Å². The molecule has 0 radical (unpaired) electrons. The van der Waals surface area contributed by atoms with E-state index in [1.54, 1.807) is 19.1 Å². The van der Waals surface area contributed by atoms with Gasteiger partial charge in [0.25, 0.3) is 5.91 Å². The lowest BCUT2D eigenvalue weighted by Gasteiger charge is -2.26. The molecule has 0 bridgehead atoms. The predicted octanol–water partition coefficient (Wildman–Crippen LogP) is 1.93. The van der Waals surface area contributed by atoms with Crippen LogP contribution in [0.4, 0.5) is 0 Å². The number of carboxylic acids is 1. The number of rotatable bonds is 6. The fraction of sp³-hybridized carbons (Fsp3) is 0.471. The first kappa shape index (κ1) is 19.1. The van der Waals surface area contributed by atoms with E-state index >= 15 is 0 Å². The molecular weight excluding hydrogens is 348 g/mol. The molecule has 1 aliphatic heterocycles. The predicted molar refractivity (Wildman–Crippen MR) is 91.9 cm³/mol. The lowest BCUT2D eigenvalue weighted by atomic mass is 10.1. The summed E-state index contributed by atoms with van der Waals surface area (Å²) in [5, 5.41) is 11.9. The molecule has 0 saturated carbocycles. The highest BCUT2D eigenvalue weighted by Gasteiger charge is 2.36. The van der Waals surface area contributed by atoms with Crippen molar-refractivity contribution in [3.8, 4) is 5.75 Å². The third-order valence-electron chi connectivity index (χ3n) is 4.08. The van der Waals surface area contributed by atoms with E-state index in [2.05, 4.69) is 5.32 Å². The number of carbonyl (C=O) groups excluding carboxylic acids is 2. The summed E-state index contributed by atoms with van der Waals surface area (Å²) in [5.41, 5.74) is 0.299. The maximum atomic E-state index is 12.9. The maximum Gasteiger partial charge on any atom is 0.305 e. The minimum absolute atomic E-state index is 0.172. The van der Waals surface area contributed by atoms with Crippen LogP contribution in [0.3, 0.4) is 0 Å². The van der Waals surface area contributed by atoms with Gasteiger partial charge in [-0.1, -0.05) is 11.6 Å². The van der Waals surface area contributed by atoms with Crippen molar-refractivity contribution in [2.45, 2.75) is 38.3 Å². The highest BCUT2D eigenvalue weighted by atomic mass is 35.5. The molecule has 0 aromatic heterocycles. The zero-order chi connectivity index (χ0) is 18.6. The van der Waals surface area contributed by atoms with E-state index in [4.69, 9.17) is 21.4 Å². The molecule has 1 heterocycles. The number of hydrogen-bond donors (Lipinski definition) is 2. The number of benzene rings is 1. The molecule has 1 aromatic carbocycles. The van der Waals surface area contributed by atoms with Crippen LogP contribution in [0.5, 0.6) is 5.75 Å². The highest BCUT2D eigenvalue weighted by Crippen LogP contribution is 2.27. The van der Waals surface area contributed by atoms with E-state index in [1.807, 2.05) is 0 Å². The molecule has 0 spiro atoms. The number of halogens is 1. The molecule has 0 aliphatic carbocycles. The summed E-state index contributed by atoms with van der Waals surface area (Å²) in [6.07, 6.45) is 1.05. The summed E-state index contributed by atoms with van der Waals surface area (Å²) in [5.74, 6) is -1.28. The number of amides is 2. The molecule has 8 heteroatoms. The second-order valence-corrected chi connectivity index (χ2v) is 6.45. The molecular formula is C17H21ClN2O5. The van der Waals surface area contributed by atoms with E-state index in [9.17, 15) is 14.4 Å². The van der Waals surface area contributed by atoms with Crippen molar-refractivity contribution < 1.29 is 24.2 Å². The first-order valence-corrected chi connectivity index (χ1v) is 8.38. The first-order chi connectivity index (χ1) is 11.8. The Kier molecular flexibility index (Phi) is 6.25. The zero-order valence-corrected chi connectivity index (χ0v) is 14.9. The van der Waals surface area contributed by atoms with Gasteiger partial charge in [0.2, 0.25) is 5.91 Å². The largest absolute Gasteiger partial charge is 0.496 e. The quantitative estimate of drug-likeness (QED) is 0.799. The number of carboxylic acid groups (broad SMARTS) is 1. The standard InChI is InChI=1S/C17H21ClN2O5/c1-10(8-15(21)22)19-16(23)13-4-3-7-20(13)17(24)12-9-11(18)5-6-14(12)25-2/h5-6,9-10,13H,3-4,7-8H2,1-2H3,(H,19,23)(H,21,22). The van der Waals surface area contributed by atoms with Crippen molar-refractivity contribution in [1.29, 1.82) is 0 Å². The Bertz CT molecular complexity index is 679. The number of nitrogens with one attached hydrogen (secondary N) is 1. The molecule has 1 saturated heterocycles. The zero-order valence-electron chi connectivity index (χ0n) is 14.1. The van der Waals surface area contributed by atoms with E-state index in [0.29, 0.717) is 35.7 Å². The van der Waals surface area contributed by atoms with Gasteiger partial charge in [-0.25, -0.2) is 0 Å². The topological polar surface area (TPSA) is 95.9 Å². The molecule has 1 aliphatic rings. The monoisotopic (exact) mass is 368 g/mol. The van der Waals surface area contributed by atoms with Crippen molar-refractivity contribution in [3.05, 3.63) is 28.8 Å². The van der Waals surface area contributed by atoms with Gasteiger partial charge in [0.1, 0.15) is 11.8 Å². The van der Waals surface area contributed by atoms with Crippen LogP contribution in [0.15, 0.2) is 18.2 Å².